The van der Waals surface area contributed by atoms with E-state index in [4.69, 9.17) is 22.1 Å². The summed E-state index contributed by atoms with van der Waals surface area (Å²) in [6, 6.07) is 5.12. The van der Waals surface area contributed by atoms with Gasteiger partial charge in [-0.25, -0.2) is 0 Å². The van der Waals surface area contributed by atoms with Crippen LogP contribution in [0.1, 0.15) is 23.2 Å². The lowest BCUT2D eigenvalue weighted by atomic mass is 10.0. The second-order valence-electron chi connectivity index (χ2n) is 4.50. The van der Waals surface area contributed by atoms with Crippen LogP contribution in [0.15, 0.2) is 18.2 Å². The fraction of sp³-hybridized carbons (Fsp3) is 0.462. The molecule has 1 aromatic rings. The van der Waals surface area contributed by atoms with Crippen LogP contribution in [0, 0.1) is 0 Å². The number of carbonyl (C=O) groups excluding carboxylic acids is 1. The van der Waals surface area contributed by atoms with E-state index < -0.39 is 0 Å². The molecule has 1 saturated heterocycles. The van der Waals surface area contributed by atoms with Gasteiger partial charge in [0.2, 0.25) is 0 Å². The van der Waals surface area contributed by atoms with Gasteiger partial charge in [0.05, 0.1) is 12.7 Å². The maximum atomic E-state index is 12.4. The number of benzene rings is 1. The van der Waals surface area contributed by atoms with Gasteiger partial charge in [-0.2, -0.15) is 0 Å². The number of hydrogen-bond acceptors (Lipinski definition) is 3. The highest BCUT2D eigenvalue weighted by Gasteiger charge is 2.24. The molecule has 2 rings (SSSR count). The Kier molecular flexibility index (Phi) is 4.09. The van der Waals surface area contributed by atoms with Crippen LogP contribution in [0.4, 0.5) is 0 Å². The van der Waals surface area contributed by atoms with Crippen LogP contribution in [0.5, 0.6) is 5.75 Å². The minimum atomic E-state index is -0.0429. The summed E-state index contributed by atoms with van der Waals surface area (Å²) in [7, 11) is 1.53. The predicted molar refractivity (Wildman–Crippen MR) is 71.1 cm³/mol. The fourth-order valence-corrected chi connectivity index (χ4v) is 2.37. The molecule has 0 aromatic heterocycles. The zero-order valence-corrected chi connectivity index (χ0v) is 11.1. The summed E-state index contributed by atoms with van der Waals surface area (Å²) in [5.41, 5.74) is 6.43. The van der Waals surface area contributed by atoms with Crippen LogP contribution >= 0.6 is 11.6 Å². The SMILES string of the molecule is COc1cc(Cl)ccc1C(=O)N1CCC[C@@H](N)C1. The number of ether oxygens (including phenoxy) is 1. The van der Waals surface area contributed by atoms with Gasteiger partial charge in [-0.05, 0) is 31.0 Å². The third kappa shape index (κ3) is 2.76. The number of piperidine rings is 1. The zero-order chi connectivity index (χ0) is 13.1. The summed E-state index contributed by atoms with van der Waals surface area (Å²) in [4.78, 5) is 14.2. The van der Waals surface area contributed by atoms with E-state index in [1.165, 1.54) is 7.11 Å². The number of nitrogens with two attached hydrogens (primary N) is 1. The zero-order valence-electron chi connectivity index (χ0n) is 10.4. The second kappa shape index (κ2) is 5.59. The topological polar surface area (TPSA) is 55.6 Å². The second-order valence-corrected chi connectivity index (χ2v) is 4.93. The lowest BCUT2D eigenvalue weighted by Gasteiger charge is -2.31. The minimum absolute atomic E-state index is 0.0429. The molecule has 98 valence electrons. The number of halogens is 1. The Balaban J connectivity index is 2.22. The molecule has 0 aliphatic carbocycles. The molecule has 2 N–H and O–H groups in total. The fourth-order valence-electron chi connectivity index (χ4n) is 2.21. The van der Waals surface area contributed by atoms with Crippen molar-refractivity contribution in [3.63, 3.8) is 0 Å². The molecule has 5 heteroatoms. The summed E-state index contributed by atoms with van der Waals surface area (Å²) in [6.45, 7) is 1.35. The molecule has 4 nitrogen and oxygen atoms in total. The highest BCUT2D eigenvalue weighted by atomic mass is 35.5. The van der Waals surface area contributed by atoms with Crippen LogP contribution in [-0.2, 0) is 0 Å². The molecule has 1 aromatic carbocycles. The van der Waals surface area contributed by atoms with Crippen molar-refractivity contribution in [2.45, 2.75) is 18.9 Å². The van der Waals surface area contributed by atoms with E-state index >= 15 is 0 Å². The highest BCUT2D eigenvalue weighted by molar-refractivity contribution is 6.30. The number of rotatable bonds is 2. The molecule has 1 heterocycles. The molecule has 0 saturated carbocycles. The smallest absolute Gasteiger partial charge is 0.257 e. The van der Waals surface area contributed by atoms with E-state index in [2.05, 4.69) is 0 Å². The van der Waals surface area contributed by atoms with Gasteiger partial charge in [0.25, 0.3) is 5.91 Å². The molecular weight excluding hydrogens is 252 g/mol. The number of amides is 1. The van der Waals surface area contributed by atoms with Crippen LogP contribution in [0.3, 0.4) is 0 Å². The summed E-state index contributed by atoms with van der Waals surface area (Å²) in [5.74, 6) is 0.463. The van der Waals surface area contributed by atoms with Gasteiger partial charge >= 0.3 is 0 Å². The van der Waals surface area contributed by atoms with Crippen molar-refractivity contribution < 1.29 is 9.53 Å². The van der Waals surface area contributed by atoms with Crippen molar-refractivity contribution in [3.05, 3.63) is 28.8 Å². The third-order valence-electron chi connectivity index (χ3n) is 3.14. The molecule has 1 atom stereocenters. The maximum absolute atomic E-state index is 12.4. The van der Waals surface area contributed by atoms with E-state index in [0.717, 1.165) is 19.4 Å². The summed E-state index contributed by atoms with van der Waals surface area (Å²) < 4.78 is 5.20. The van der Waals surface area contributed by atoms with Crippen LogP contribution < -0.4 is 10.5 Å². The molecule has 1 aliphatic heterocycles. The van der Waals surface area contributed by atoms with Gasteiger partial charge in [-0.1, -0.05) is 11.6 Å². The third-order valence-corrected chi connectivity index (χ3v) is 3.37. The number of methoxy groups -OCH3 is 1. The average Bonchev–Trinajstić information content (AvgIpc) is 2.37. The van der Waals surface area contributed by atoms with Gasteiger partial charge in [-0.15, -0.1) is 0 Å². The Hall–Kier alpha value is -1.26. The first-order valence-electron chi connectivity index (χ1n) is 6.00. The Bertz CT molecular complexity index is 451. The van der Waals surface area contributed by atoms with Crippen molar-refractivity contribution in [1.29, 1.82) is 0 Å². The van der Waals surface area contributed by atoms with Crippen molar-refractivity contribution in [1.82, 2.24) is 4.90 Å². The highest BCUT2D eigenvalue weighted by Crippen LogP contribution is 2.25. The van der Waals surface area contributed by atoms with E-state index in [1.807, 2.05) is 0 Å². The largest absolute Gasteiger partial charge is 0.496 e. The molecule has 0 unspecified atom stereocenters. The number of carbonyl (C=O) groups is 1. The Morgan fingerprint density at radius 2 is 2.33 bits per heavy atom. The molecule has 0 spiro atoms. The molecule has 18 heavy (non-hydrogen) atoms. The standard InChI is InChI=1S/C13H17ClN2O2/c1-18-12-7-9(14)4-5-11(12)13(17)16-6-2-3-10(15)8-16/h4-5,7,10H,2-3,6,8,15H2,1H3/t10-/m1/s1. The first-order valence-corrected chi connectivity index (χ1v) is 6.38. The Morgan fingerprint density at radius 3 is 3.00 bits per heavy atom. The van der Waals surface area contributed by atoms with Crippen LogP contribution in [-0.4, -0.2) is 37.0 Å². The minimum Gasteiger partial charge on any atom is -0.496 e. The first-order chi connectivity index (χ1) is 8.61. The van der Waals surface area contributed by atoms with E-state index in [-0.39, 0.29) is 11.9 Å². The van der Waals surface area contributed by atoms with Gasteiger partial charge in [0.1, 0.15) is 5.75 Å². The summed E-state index contributed by atoms with van der Waals surface area (Å²) in [6.07, 6.45) is 1.92. The van der Waals surface area contributed by atoms with E-state index in [1.54, 1.807) is 23.1 Å². The van der Waals surface area contributed by atoms with Gasteiger partial charge in [-0.3, -0.25) is 4.79 Å². The monoisotopic (exact) mass is 268 g/mol. The Morgan fingerprint density at radius 1 is 1.56 bits per heavy atom. The van der Waals surface area contributed by atoms with Gasteiger partial charge in [0, 0.05) is 24.2 Å². The van der Waals surface area contributed by atoms with Gasteiger partial charge < -0.3 is 15.4 Å². The molecular formula is C13H17ClN2O2. The van der Waals surface area contributed by atoms with Gasteiger partial charge in [0.15, 0.2) is 0 Å². The number of hydrogen-bond donors (Lipinski definition) is 1. The number of likely N-dealkylation sites (tertiary alicyclic amines) is 1. The van der Waals surface area contributed by atoms with Crippen molar-refractivity contribution in [3.8, 4) is 5.75 Å². The summed E-state index contributed by atoms with van der Waals surface area (Å²) in [5, 5.41) is 0.554. The molecule has 1 amide bonds. The van der Waals surface area contributed by atoms with Crippen molar-refractivity contribution in [2.24, 2.45) is 5.73 Å². The molecule has 0 bridgehead atoms. The number of nitrogens with zero attached hydrogens (tertiary/aromatic N) is 1. The lowest BCUT2D eigenvalue weighted by molar-refractivity contribution is 0.0705. The lowest BCUT2D eigenvalue weighted by Crippen LogP contribution is -2.45. The molecule has 1 aliphatic rings. The Labute approximate surface area is 112 Å². The molecule has 0 radical (unpaired) electrons. The first kappa shape index (κ1) is 13.2. The quantitative estimate of drug-likeness (QED) is 0.891. The summed E-state index contributed by atoms with van der Waals surface area (Å²) >= 11 is 5.88. The molecule has 1 fully saturated rings. The van der Waals surface area contributed by atoms with Crippen molar-refractivity contribution in [2.75, 3.05) is 20.2 Å². The normalized spacial score (nSPS) is 19.7. The average molecular weight is 269 g/mol. The van der Waals surface area contributed by atoms with E-state index in [0.29, 0.717) is 22.9 Å². The predicted octanol–water partition coefficient (Wildman–Crippen LogP) is 1.91. The van der Waals surface area contributed by atoms with Crippen LogP contribution in [0.2, 0.25) is 5.02 Å². The maximum Gasteiger partial charge on any atom is 0.257 e. The van der Waals surface area contributed by atoms with E-state index in [9.17, 15) is 4.79 Å². The van der Waals surface area contributed by atoms with Crippen LogP contribution in [0.25, 0.3) is 0 Å². The van der Waals surface area contributed by atoms with Crippen molar-refractivity contribution >= 4 is 17.5 Å².